The van der Waals surface area contributed by atoms with E-state index in [9.17, 15) is 0 Å². The number of rotatable bonds is 2. The minimum absolute atomic E-state index is 0.571. The normalized spacial score (nSPS) is 14.0. The predicted octanol–water partition coefficient (Wildman–Crippen LogP) is 2.91. The lowest BCUT2D eigenvalue weighted by Gasteiger charge is -2.19. The fourth-order valence-electron chi connectivity index (χ4n) is 2.20. The molecule has 1 aromatic carbocycles. The molecule has 5 heteroatoms. The first-order valence-corrected chi connectivity index (χ1v) is 6.57. The lowest BCUT2D eigenvalue weighted by atomic mass is 10.1. The number of aromatic nitrogens is 2. The maximum absolute atomic E-state index is 6.02. The van der Waals surface area contributed by atoms with Crippen LogP contribution in [0.3, 0.4) is 0 Å². The fourth-order valence-corrected chi connectivity index (χ4v) is 2.39. The smallest absolute Gasteiger partial charge is 0.161 e. The Labute approximate surface area is 116 Å². The largest absolute Gasteiger partial charge is 0.376 e. The molecule has 0 saturated heterocycles. The summed E-state index contributed by atoms with van der Waals surface area (Å²) in [6.45, 7) is 1.28. The van der Waals surface area contributed by atoms with Gasteiger partial charge in [-0.3, -0.25) is 0 Å². The molecule has 0 atom stereocenters. The monoisotopic (exact) mass is 275 g/mol. The molecule has 0 bridgehead atoms. The Kier molecular flexibility index (Phi) is 3.36. The van der Waals surface area contributed by atoms with Crippen LogP contribution in [0.25, 0.3) is 11.4 Å². The van der Waals surface area contributed by atoms with Crippen molar-refractivity contribution in [1.29, 1.82) is 0 Å². The Balaban J connectivity index is 2.12. The molecule has 19 heavy (non-hydrogen) atoms. The number of hydrogen-bond donors (Lipinski definition) is 1. The van der Waals surface area contributed by atoms with Crippen molar-refractivity contribution in [2.75, 3.05) is 19.0 Å². The molecule has 4 nitrogen and oxygen atoms in total. The van der Waals surface area contributed by atoms with Crippen molar-refractivity contribution in [3.05, 3.63) is 40.5 Å². The summed E-state index contributed by atoms with van der Waals surface area (Å²) in [5.41, 5.74) is 3.04. The van der Waals surface area contributed by atoms with E-state index in [0.29, 0.717) is 24.1 Å². The van der Waals surface area contributed by atoms with Crippen molar-refractivity contribution in [1.82, 2.24) is 9.97 Å². The van der Waals surface area contributed by atoms with Crippen LogP contribution in [0.4, 0.5) is 5.82 Å². The molecule has 0 saturated carbocycles. The van der Waals surface area contributed by atoms with Gasteiger partial charge in [-0.2, -0.15) is 0 Å². The zero-order valence-corrected chi connectivity index (χ0v) is 11.4. The number of halogens is 1. The lowest BCUT2D eigenvalue weighted by Crippen LogP contribution is -2.16. The molecule has 0 spiro atoms. The van der Waals surface area contributed by atoms with Gasteiger partial charge in [-0.05, 0) is 12.1 Å². The third-order valence-electron chi connectivity index (χ3n) is 3.14. The number of fused-ring (bicyclic) bond motifs is 1. The molecule has 1 N–H and O–H groups in total. The van der Waals surface area contributed by atoms with Gasteiger partial charge in [0.15, 0.2) is 5.82 Å². The van der Waals surface area contributed by atoms with Crippen LogP contribution in [0.1, 0.15) is 11.3 Å². The average molecular weight is 276 g/mol. The molecule has 1 aliphatic heterocycles. The first-order chi connectivity index (χ1) is 9.28. The maximum Gasteiger partial charge on any atom is 0.161 e. The highest BCUT2D eigenvalue weighted by Crippen LogP contribution is 2.26. The zero-order valence-electron chi connectivity index (χ0n) is 10.6. The third kappa shape index (κ3) is 2.41. The van der Waals surface area contributed by atoms with Crippen LogP contribution in [0.2, 0.25) is 5.02 Å². The predicted molar refractivity (Wildman–Crippen MR) is 75.4 cm³/mol. The second kappa shape index (κ2) is 5.15. The quantitative estimate of drug-likeness (QED) is 0.915. The molecular weight excluding hydrogens is 262 g/mol. The highest BCUT2D eigenvalue weighted by molar-refractivity contribution is 6.30. The second-order valence-electron chi connectivity index (χ2n) is 4.38. The Morgan fingerprint density at radius 3 is 3.00 bits per heavy atom. The molecule has 3 rings (SSSR count). The highest BCUT2D eigenvalue weighted by atomic mass is 35.5. The van der Waals surface area contributed by atoms with Gasteiger partial charge < -0.3 is 10.1 Å². The molecule has 0 aliphatic carbocycles. The number of anilines is 1. The minimum Gasteiger partial charge on any atom is -0.376 e. The van der Waals surface area contributed by atoms with Crippen LogP contribution in [-0.4, -0.2) is 23.6 Å². The van der Waals surface area contributed by atoms with Crippen LogP contribution in [0.5, 0.6) is 0 Å². The van der Waals surface area contributed by atoms with E-state index in [0.717, 1.165) is 29.1 Å². The van der Waals surface area contributed by atoms with E-state index in [-0.39, 0.29) is 0 Å². The Morgan fingerprint density at radius 2 is 2.21 bits per heavy atom. The van der Waals surface area contributed by atoms with E-state index < -0.39 is 0 Å². The molecule has 2 heterocycles. The number of hydrogen-bond acceptors (Lipinski definition) is 4. The summed E-state index contributed by atoms with van der Waals surface area (Å²) < 4.78 is 5.46. The van der Waals surface area contributed by atoms with E-state index in [1.807, 2.05) is 31.3 Å². The van der Waals surface area contributed by atoms with Crippen LogP contribution < -0.4 is 5.32 Å². The molecule has 0 radical (unpaired) electrons. The summed E-state index contributed by atoms with van der Waals surface area (Å²) in [6.07, 6.45) is 0.820. The Hall–Kier alpha value is -1.65. The molecule has 1 aliphatic rings. The number of nitrogens with zero attached hydrogens (tertiary/aromatic N) is 2. The summed E-state index contributed by atoms with van der Waals surface area (Å²) >= 11 is 6.02. The van der Waals surface area contributed by atoms with Gasteiger partial charge >= 0.3 is 0 Å². The zero-order chi connectivity index (χ0) is 13.2. The Bertz CT molecular complexity index is 598. The van der Waals surface area contributed by atoms with Crippen molar-refractivity contribution in [2.24, 2.45) is 0 Å². The summed E-state index contributed by atoms with van der Waals surface area (Å²) in [4.78, 5) is 9.20. The molecule has 0 fully saturated rings. The average Bonchev–Trinajstić information content (AvgIpc) is 2.46. The molecule has 98 valence electrons. The molecule has 0 unspecified atom stereocenters. The van der Waals surface area contributed by atoms with Gasteiger partial charge in [0.1, 0.15) is 5.82 Å². The summed E-state index contributed by atoms with van der Waals surface area (Å²) in [7, 11) is 1.86. The summed E-state index contributed by atoms with van der Waals surface area (Å²) in [5, 5.41) is 3.80. The van der Waals surface area contributed by atoms with Gasteiger partial charge in [0, 0.05) is 29.6 Å². The molecule has 2 aromatic rings. The van der Waals surface area contributed by atoms with Crippen molar-refractivity contribution < 1.29 is 4.74 Å². The maximum atomic E-state index is 6.02. The van der Waals surface area contributed by atoms with E-state index in [4.69, 9.17) is 16.3 Å². The standard InChI is InChI=1S/C14H14ClN3O/c1-16-14-11-8-19-6-5-12(11)17-13(18-14)9-3-2-4-10(15)7-9/h2-4,7H,5-6,8H2,1H3,(H,16,17,18). The van der Waals surface area contributed by atoms with E-state index in [2.05, 4.69) is 15.3 Å². The van der Waals surface area contributed by atoms with Crippen LogP contribution in [-0.2, 0) is 17.8 Å². The van der Waals surface area contributed by atoms with Crippen LogP contribution in [0, 0.1) is 0 Å². The lowest BCUT2D eigenvalue weighted by molar-refractivity contribution is 0.109. The first kappa shape index (κ1) is 12.4. The van der Waals surface area contributed by atoms with Crippen molar-refractivity contribution >= 4 is 17.4 Å². The SMILES string of the molecule is CNc1nc(-c2cccc(Cl)c2)nc2c1COCC2. The van der Waals surface area contributed by atoms with E-state index in [1.165, 1.54) is 0 Å². The Morgan fingerprint density at radius 1 is 1.32 bits per heavy atom. The molecular formula is C14H14ClN3O. The highest BCUT2D eigenvalue weighted by Gasteiger charge is 2.18. The molecule has 1 aromatic heterocycles. The van der Waals surface area contributed by atoms with Gasteiger partial charge in [0.2, 0.25) is 0 Å². The van der Waals surface area contributed by atoms with Gasteiger partial charge in [-0.15, -0.1) is 0 Å². The number of nitrogens with one attached hydrogen (secondary N) is 1. The van der Waals surface area contributed by atoms with Crippen molar-refractivity contribution in [2.45, 2.75) is 13.0 Å². The minimum atomic E-state index is 0.571. The third-order valence-corrected chi connectivity index (χ3v) is 3.38. The number of benzene rings is 1. The van der Waals surface area contributed by atoms with Gasteiger partial charge in [-0.25, -0.2) is 9.97 Å². The fraction of sp³-hybridized carbons (Fsp3) is 0.286. The topological polar surface area (TPSA) is 47.0 Å². The summed E-state index contributed by atoms with van der Waals surface area (Å²) in [5.74, 6) is 1.53. The van der Waals surface area contributed by atoms with Gasteiger partial charge in [0.25, 0.3) is 0 Å². The first-order valence-electron chi connectivity index (χ1n) is 6.19. The van der Waals surface area contributed by atoms with E-state index in [1.54, 1.807) is 0 Å². The van der Waals surface area contributed by atoms with E-state index >= 15 is 0 Å². The second-order valence-corrected chi connectivity index (χ2v) is 4.82. The van der Waals surface area contributed by atoms with Gasteiger partial charge in [0.05, 0.1) is 18.9 Å². The van der Waals surface area contributed by atoms with Gasteiger partial charge in [-0.1, -0.05) is 23.7 Å². The summed E-state index contributed by atoms with van der Waals surface area (Å²) in [6, 6.07) is 7.59. The molecule has 0 amide bonds. The van der Waals surface area contributed by atoms with Crippen molar-refractivity contribution in [3.8, 4) is 11.4 Å². The number of ether oxygens (including phenoxy) is 1. The van der Waals surface area contributed by atoms with Crippen molar-refractivity contribution in [3.63, 3.8) is 0 Å². The van der Waals surface area contributed by atoms with Crippen LogP contribution in [0.15, 0.2) is 24.3 Å². The van der Waals surface area contributed by atoms with Crippen LogP contribution >= 0.6 is 11.6 Å².